The van der Waals surface area contributed by atoms with Crippen molar-refractivity contribution in [1.82, 2.24) is 10.3 Å². The minimum Gasteiger partial charge on any atom is -0.389 e. The Balaban J connectivity index is 1.84. The van der Waals surface area contributed by atoms with Crippen LogP contribution in [0.3, 0.4) is 0 Å². The van der Waals surface area contributed by atoms with E-state index in [-0.39, 0.29) is 11.9 Å². The smallest absolute Gasteiger partial charge is 0.220 e. The topological polar surface area (TPSA) is 80.0 Å². The van der Waals surface area contributed by atoms with Crippen LogP contribution in [0.5, 0.6) is 0 Å². The van der Waals surface area contributed by atoms with E-state index in [4.69, 9.17) is 22.9 Å². The molecular weight excluding hydrogens is 272 g/mol. The lowest BCUT2D eigenvalue weighted by Gasteiger charge is -2.25. The number of amides is 1. The third kappa shape index (κ3) is 2.60. The van der Waals surface area contributed by atoms with Crippen molar-refractivity contribution in [2.24, 2.45) is 5.73 Å². The van der Waals surface area contributed by atoms with Crippen LogP contribution in [-0.4, -0.2) is 28.5 Å². The van der Waals surface area contributed by atoms with Crippen LogP contribution >= 0.6 is 12.2 Å². The first-order chi connectivity index (χ1) is 9.63. The van der Waals surface area contributed by atoms with Crippen LogP contribution in [0.25, 0.3) is 0 Å². The summed E-state index contributed by atoms with van der Waals surface area (Å²) < 4.78 is 0. The van der Waals surface area contributed by atoms with Gasteiger partial charge >= 0.3 is 0 Å². The molecule has 1 aromatic rings. The van der Waals surface area contributed by atoms with Gasteiger partial charge in [-0.1, -0.05) is 12.2 Å². The number of carbonyl (C=O) groups is 1. The normalized spacial score (nSPS) is 21.2. The number of aromatic nitrogens is 1. The zero-order valence-electron chi connectivity index (χ0n) is 11.2. The number of rotatable bonds is 3. The Morgan fingerprint density at radius 1 is 1.45 bits per heavy atom. The summed E-state index contributed by atoms with van der Waals surface area (Å²) in [4.78, 5) is 16.3. The van der Waals surface area contributed by atoms with Gasteiger partial charge in [-0.15, -0.1) is 0 Å². The van der Waals surface area contributed by atoms with Crippen LogP contribution in [-0.2, 0) is 17.6 Å². The second kappa shape index (κ2) is 5.36. The molecule has 2 heterocycles. The molecule has 1 amide bonds. The lowest BCUT2D eigenvalue weighted by molar-refractivity contribution is -0.122. The number of fused-ring (bicyclic) bond motifs is 1. The van der Waals surface area contributed by atoms with Gasteiger partial charge in [0.2, 0.25) is 5.91 Å². The van der Waals surface area contributed by atoms with E-state index in [9.17, 15) is 4.79 Å². The fourth-order valence-corrected chi connectivity index (χ4v) is 2.97. The second-order valence-corrected chi connectivity index (χ2v) is 5.83. The zero-order valence-corrected chi connectivity index (χ0v) is 12.1. The van der Waals surface area contributed by atoms with Crippen molar-refractivity contribution in [3.8, 4) is 0 Å². The van der Waals surface area contributed by atoms with Gasteiger partial charge in [0.1, 0.15) is 10.8 Å². The standard InChI is InChI=1S/C14H18N4OS/c15-13(20)10-6-8-2-1-3-11(8)18-14(10)17-9-4-5-12(19)16-7-9/h6,9H,1-5,7H2,(H2,15,20)(H,16,19)(H,17,18). The number of nitrogens with two attached hydrogens (primary N) is 1. The monoisotopic (exact) mass is 290 g/mol. The molecule has 20 heavy (non-hydrogen) atoms. The lowest BCUT2D eigenvalue weighted by atomic mass is 10.1. The summed E-state index contributed by atoms with van der Waals surface area (Å²) in [6.45, 7) is 0.619. The predicted molar refractivity (Wildman–Crippen MR) is 81.8 cm³/mol. The number of aryl methyl sites for hydroxylation is 2. The van der Waals surface area contributed by atoms with Crippen LogP contribution in [0.1, 0.15) is 36.1 Å². The molecule has 1 aliphatic carbocycles. The van der Waals surface area contributed by atoms with Crippen molar-refractivity contribution in [3.05, 3.63) is 22.9 Å². The highest BCUT2D eigenvalue weighted by atomic mass is 32.1. The Kier molecular flexibility index (Phi) is 3.56. The van der Waals surface area contributed by atoms with Crippen molar-refractivity contribution < 1.29 is 4.79 Å². The quantitative estimate of drug-likeness (QED) is 0.721. The fraction of sp³-hybridized carbons (Fsp3) is 0.500. The van der Waals surface area contributed by atoms with Crippen molar-refractivity contribution >= 4 is 28.9 Å². The summed E-state index contributed by atoms with van der Waals surface area (Å²) in [5.41, 5.74) is 9.04. The van der Waals surface area contributed by atoms with Gasteiger partial charge in [-0.25, -0.2) is 4.98 Å². The largest absolute Gasteiger partial charge is 0.389 e. The van der Waals surface area contributed by atoms with E-state index in [1.54, 1.807) is 0 Å². The summed E-state index contributed by atoms with van der Waals surface area (Å²) >= 11 is 5.14. The van der Waals surface area contributed by atoms with Gasteiger partial charge in [-0.2, -0.15) is 0 Å². The minimum atomic E-state index is 0.111. The van der Waals surface area contributed by atoms with E-state index in [2.05, 4.69) is 16.7 Å². The van der Waals surface area contributed by atoms with Crippen molar-refractivity contribution in [2.45, 2.75) is 38.1 Å². The molecule has 6 heteroatoms. The Morgan fingerprint density at radius 3 is 3.00 bits per heavy atom. The maximum atomic E-state index is 11.2. The Morgan fingerprint density at radius 2 is 2.30 bits per heavy atom. The molecule has 0 saturated carbocycles. The molecule has 5 nitrogen and oxygen atoms in total. The number of anilines is 1. The highest BCUT2D eigenvalue weighted by molar-refractivity contribution is 7.80. The number of hydrogen-bond donors (Lipinski definition) is 3. The molecule has 1 atom stereocenters. The molecule has 0 bridgehead atoms. The van der Waals surface area contributed by atoms with Gasteiger partial charge in [0.25, 0.3) is 0 Å². The fourth-order valence-electron chi connectivity index (χ4n) is 2.82. The first kappa shape index (κ1) is 13.3. The second-order valence-electron chi connectivity index (χ2n) is 5.39. The number of hydrogen-bond acceptors (Lipinski definition) is 4. The van der Waals surface area contributed by atoms with Crippen molar-refractivity contribution in [3.63, 3.8) is 0 Å². The molecule has 1 aromatic heterocycles. The van der Waals surface area contributed by atoms with Gasteiger partial charge in [0.15, 0.2) is 0 Å². The van der Waals surface area contributed by atoms with Gasteiger partial charge < -0.3 is 16.4 Å². The van der Waals surface area contributed by atoms with E-state index in [1.807, 2.05) is 0 Å². The molecule has 2 aliphatic rings. The first-order valence-electron chi connectivity index (χ1n) is 6.99. The number of piperidine rings is 1. The SMILES string of the molecule is NC(=S)c1cc2c(nc1NC1CCC(=O)NC1)CCC2. The summed E-state index contributed by atoms with van der Waals surface area (Å²) in [6.07, 6.45) is 4.56. The summed E-state index contributed by atoms with van der Waals surface area (Å²) in [5, 5.41) is 6.25. The number of nitrogens with zero attached hydrogens (tertiary/aromatic N) is 1. The molecule has 1 saturated heterocycles. The van der Waals surface area contributed by atoms with Crippen LogP contribution in [0.15, 0.2) is 6.07 Å². The molecule has 0 aromatic carbocycles. The lowest BCUT2D eigenvalue weighted by Crippen LogP contribution is -2.42. The Hall–Kier alpha value is -1.69. The van der Waals surface area contributed by atoms with E-state index in [0.717, 1.165) is 42.8 Å². The van der Waals surface area contributed by atoms with Gasteiger partial charge in [0.05, 0.1) is 5.56 Å². The molecule has 0 spiro atoms. The number of thiocarbonyl (C=S) groups is 1. The van der Waals surface area contributed by atoms with E-state index in [1.165, 1.54) is 5.56 Å². The number of carbonyl (C=O) groups excluding carboxylic acids is 1. The van der Waals surface area contributed by atoms with Crippen LogP contribution in [0.4, 0.5) is 5.82 Å². The molecule has 1 unspecified atom stereocenters. The first-order valence-corrected chi connectivity index (χ1v) is 7.40. The van der Waals surface area contributed by atoms with Crippen molar-refractivity contribution in [2.75, 3.05) is 11.9 Å². The zero-order chi connectivity index (χ0) is 14.1. The van der Waals surface area contributed by atoms with Gasteiger partial charge in [0, 0.05) is 24.7 Å². The highest BCUT2D eigenvalue weighted by Gasteiger charge is 2.22. The van der Waals surface area contributed by atoms with Crippen LogP contribution < -0.4 is 16.4 Å². The van der Waals surface area contributed by atoms with Gasteiger partial charge in [-0.3, -0.25) is 4.79 Å². The molecule has 106 valence electrons. The third-order valence-electron chi connectivity index (χ3n) is 3.92. The number of nitrogens with one attached hydrogen (secondary N) is 2. The summed E-state index contributed by atoms with van der Waals surface area (Å²) in [5.74, 6) is 0.874. The molecule has 1 fully saturated rings. The Labute approximate surface area is 123 Å². The number of pyridine rings is 1. The maximum absolute atomic E-state index is 11.2. The molecule has 4 N–H and O–H groups in total. The van der Waals surface area contributed by atoms with Crippen LogP contribution in [0, 0.1) is 0 Å². The van der Waals surface area contributed by atoms with E-state index in [0.29, 0.717) is 18.0 Å². The van der Waals surface area contributed by atoms with Crippen molar-refractivity contribution in [1.29, 1.82) is 0 Å². The predicted octanol–water partition coefficient (Wildman–Crippen LogP) is 0.895. The summed E-state index contributed by atoms with van der Waals surface area (Å²) in [7, 11) is 0. The molecule has 3 rings (SSSR count). The summed E-state index contributed by atoms with van der Waals surface area (Å²) in [6, 6.07) is 2.26. The van der Waals surface area contributed by atoms with Gasteiger partial charge in [-0.05, 0) is 37.3 Å². The average molecular weight is 290 g/mol. The Bertz CT molecular complexity index is 563. The van der Waals surface area contributed by atoms with E-state index >= 15 is 0 Å². The minimum absolute atomic E-state index is 0.111. The maximum Gasteiger partial charge on any atom is 0.220 e. The highest BCUT2D eigenvalue weighted by Crippen LogP contribution is 2.26. The molecule has 0 radical (unpaired) electrons. The van der Waals surface area contributed by atoms with E-state index < -0.39 is 0 Å². The average Bonchev–Trinajstić information content (AvgIpc) is 2.87. The molecular formula is C14H18N4OS. The van der Waals surface area contributed by atoms with Crippen LogP contribution in [0.2, 0.25) is 0 Å². The third-order valence-corrected chi connectivity index (χ3v) is 4.14. The molecule has 1 aliphatic heterocycles.